The highest BCUT2D eigenvalue weighted by Crippen LogP contribution is 2.34. The molecule has 1 aromatic rings. The Morgan fingerprint density at radius 2 is 1.53 bits per heavy atom. The minimum atomic E-state index is 0.206. The summed E-state index contributed by atoms with van der Waals surface area (Å²) in [7, 11) is 0. The Morgan fingerprint density at radius 3 is 2.11 bits per heavy atom. The maximum Gasteiger partial charge on any atom is 0.219 e. The van der Waals surface area contributed by atoms with Crippen LogP contribution in [0.2, 0.25) is 0 Å². The van der Waals surface area contributed by atoms with Gasteiger partial charge in [0.15, 0.2) is 0 Å². The van der Waals surface area contributed by atoms with Crippen LogP contribution in [-0.4, -0.2) is 9.97 Å². The first-order chi connectivity index (χ1) is 9.12. The molecule has 1 aromatic heterocycles. The number of anilines is 1. The summed E-state index contributed by atoms with van der Waals surface area (Å²) in [5.41, 5.74) is 7.04. The van der Waals surface area contributed by atoms with E-state index in [1.54, 1.807) is 0 Å². The largest absolute Gasteiger partial charge is 0.368 e. The van der Waals surface area contributed by atoms with Crippen molar-refractivity contribution in [2.24, 2.45) is 0 Å². The highest BCUT2D eigenvalue weighted by molar-refractivity contribution is 5.23. The average Bonchev–Trinajstić information content (AvgIpc) is 2.42. The zero-order chi connectivity index (χ0) is 14.1. The molecule has 3 heteroatoms. The normalized spacial score (nSPS) is 14.3. The molecule has 0 amide bonds. The van der Waals surface area contributed by atoms with Crippen LogP contribution in [0.15, 0.2) is 12.4 Å². The van der Waals surface area contributed by atoms with E-state index in [2.05, 4.69) is 30.7 Å². The molecule has 0 saturated carbocycles. The second-order valence-electron chi connectivity index (χ2n) is 5.80. The molecule has 0 aliphatic heterocycles. The molecule has 0 fully saturated rings. The fourth-order valence-electron chi connectivity index (χ4n) is 2.57. The third-order valence-corrected chi connectivity index (χ3v) is 4.03. The number of nitrogen functional groups attached to an aromatic ring is 1. The third kappa shape index (κ3) is 5.17. The summed E-state index contributed by atoms with van der Waals surface area (Å²) in [6.45, 7) is 6.85. The van der Waals surface area contributed by atoms with E-state index < -0.39 is 0 Å². The van der Waals surface area contributed by atoms with Crippen LogP contribution in [0.3, 0.4) is 0 Å². The number of rotatable bonds is 9. The second-order valence-corrected chi connectivity index (χ2v) is 5.80. The van der Waals surface area contributed by atoms with Crippen molar-refractivity contribution in [2.75, 3.05) is 5.73 Å². The number of unbranched alkanes of at least 4 members (excludes halogenated alkanes) is 4. The number of nitrogens with zero attached hydrogens (tertiary/aromatic N) is 2. The van der Waals surface area contributed by atoms with E-state index in [-0.39, 0.29) is 5.41 Å². The molecule has 0 aromatic carbocycles. The molecule has 1 unspecified atom stereocenters. The van der Waals surface area contributed by atoms with E-state index in [4.69, 9.17) is 5.73 Å². The minimum Gasteiger partial charge on any atom is -0.368 e. The van der Waals surface area contributed by atoms with E-state index in [0.717, 1.165) is 0 Å². The summed E-state index contributed by atoms with van der Waals surface area (Å²) < 4.78 is 0. The van der Waals surface area contributed by atoms with Gasteiger partial charge in [-0.1, -0.05) is 59.3 Å². The standard InChI is InChI=1S/C16H29N3/c1-4-6-8-9-11-16(3,10-7-5-2)14-12-18-15(17)19-13-14/h12-13H,4-11H2,1-3H3,(H2,17,18,19). The molecule has 0 radical (unpaired) electrons. The first-order valence-corrected chi connectivity index (χ1v) is 7.70. The maximum atomic E-state index is 5.59. The van der Waals surface area contributed by atoms with E-state index >= 15 is 0 Å². The smallest absolute Gasteiger partial charge is 0.219 e. The van der Waals surface area contributed by atoms with Gasteiger partial charge in [-0.2, -0.15) is 0 Å². The van der Waals surface area contributed by atoms with E-state index in [1.807, 2.05) is 12.4 Å². The van der Waals surface area contributed by atoms with Gasteiger partial charge in [0.2, 0.25) is 5.95 Å². The van der Waals surface area contributed by atoms with E-state index in [9.17, 15) is 0 Å². The Kier molecular flexibility index (Phi) is 6.82. The predicted octanol–water partition coefficient (Wildman–Crippen LogP) is 4.48. The third-order valence-electron chi connectivity index (χ3n) is 4.03. The van der Waals surface area contributed by atoms with Crippen LogP contribution in [0.5, 0.6) is 0 Å². The molecular weight excluding hydrogens is 234 g/mol. The van der Waals surface area contributed by atoms with Crippen molar-refractivity contribution in [2.45, 2.75) is 77.6 Å². The molecule has 2 N–H and O–H groups in total. The molecule has 0 saturated heterocycles. The van der Waals surface area contributed by atoms with E-state index in [0.29, 0.717) is 5.95 Å². The Balaban J connectivity index is 2.70. The zero-order valence-corrected chi connectivity index (χ0v) is 12.8. The molecule has 108 valence electrons. The quantitative estimate of drug-likeness (QED) is 0.668. The van der Waals surface area contributed by atoms with Crippen LogP contribution in [0.4, 0.5) is 5.95 Å². The Hall–Kier alpha value is -1.12. The topological polar surface area (TPSA) is 51.8 Å². The number of aromatic nitrogens is 2. The van der Waals surface area contributed by atoms with Gasteiger partial charge in [-0.25, -0.2) is 9.97 Å². The number of hydrogen-bond acceptors (Lipinski definition) is 3. The lowest BCUT2D eigenvalue weighted by atomic mass is 9.75. The van der Waals surface area contributed by atoms with Crippen LogP contribution < -0.4 is 5.73 Å². The van der Waals surface area contributed by atoms with Gasteiger partial charge in [-0.05, 0) is 23.8 Å². The molecule has 0 bridgehead atoms. The lowest BCUT2D eigenvalue weighted by molar-refractivity contribution is 0.367. The highest BCUT2D eigenvalue weighted by atomic mass is 15.0. The highest BCUT2D eigenvalue weighted by Gasteiger charge is 2.26. The molecular formula is C16H29N3. The van der Waals surface area contributed by atoms with Crippen LogP contribution in [0.25, 0.3) is 0 Å². The van der Waals surface area contributed by atoms with Gasteiger partial charge in [0.05, 0.1) is 0 Å². The predicted molar refractivity (Wildman–Crippen MR) is 82.1 cm³/mol. The van der Waals surface area contributed by atoms with Gasteiger partial charge in [0.1, 0.15) is 0 Å². The molecule has 1 atom stereocenters. The summed E-state index contributed by atoms with van der Waals surface area (Å²) in [4.78, 5) is 8.33. The van der Waals surface area contributed by atoms with Crippen LogP contribution >= 0.6 is 0 Å². The van der Waals surface area contributed by atoms with Crippen molar-refractivity contribution < 1.29 is 0 Å². The van der Waals surface area contributed by atoms with Gasteiger partial charge in [0.25, 0.3) is 0 Å². The molecule has 19 heavy (non-hydrogen) atoms. The first-order valence-electron chi connectivity index (χ1n) is 7.70. The van der Waals surface area contributed by atoms with E-state index in [1.165, 1.54) is 56.9 Å². The molecule has 0 spiro atoms. The van der Waals surface area contributed by atoms with Crippen LogP contribution in [0.1, 0.15) is 77.7 Å². The zero-order valence-electron chi connectivity index (χ0n) is 12.8. The van der Waals surface area contributed by atoms with Gasteiger partial charge < -0.3 is 5.73 Å². The number of hydrogen-bond donors (Lipinski definition) is 1. The summed E-state index contributed by atoms with van der Waals surface area (Å²) in [6.07, 6.45) is 14.0. The SMILES string of the molecule is CCCCCCC(C)(CCCC)c1cnc(N)nc1. The van der Waals surface area contributed by atoms with Crippen molar-refractivity contribution in [3.8, 4) is 0 Å². The van der Waals surface area contributed by atoms with Crippen molar-refractivity contribution in [1.82, 2.24) is 9.97 Å². The van der Waals surface area contributed by atoms with Crippen molar-refractivity contribution in [3.05, 3.63) is 18.0 Å². The monoisotopic (exact) mass is 263 g/mol. The fraction of sp³-hybridized carbons (Fsp3) is 0.750. The maximum absolute atomic E-state index is 5.59. The first kappa shape index (κ1) is 15.9. The lowest BCUT2D eigenvalue weighted by Crippen LogP contribution is -2.22. The Bertz CT molecular complexity index is 348. The minimum absolute atomic E-state index is 0.206. The van der Waals surface area contributed by atoms with Crippen molar-refractivity contribution in [1.29, 1.82) is 0 Å². The molecule has 0 aliphatic carbocycles. The van der Waals surface area contributed by atoms with Gasteiger partial charge in [0, 0.05) is 12.4 Å². The van der Waals surface area contributed by atoms with Gasteiger partial charge in [-0.3, -0.25) is 0 Å². The average molecular weight is 263 g/mol. The van der Waals surface area contributed by atoms with Crippen molar-refractivity contribution >= 4 is 5.95 Å². The lowest BCUT2D eigenvalue weighted by Gasteiger charge is -2.30. The van der Waals surface area contributed by atoms with Crippen LogP contribution in [-0.2, 0) is 5.41 Å². The number of nitrogens with two attached hydrogens (primary N) is 1. The second kappa shape index (κ2) is 8.13. The molecule has 1 heterocycles. The Labute approximate surface area is 118 Å². The fourth-order valence-corrected chi connectivity index (χ4v) is 2.57. The summed E-state index contributed by atoms with van der Waals surface area (Å²) in [6, 6.07) is 0. The molecule has 3 nitrogen and oxygen atoms in total. The van der Waals surface area contributed by atoms with Gasteiger partial charge in [-0.15, -0.1) is 0 Å². The summed E-state index contributed by atoms with van der Waals surface area (Å²) in [5, 5.41) is 0. The van der Waals surface area contributed by atoms with Crippen molar-refractivity contribution in [3.63, 3.8) is 0 Å². The summed E-state index contributed by atoms with van der Waals surface area (Å²) >= 11 is 0. The summed E-state index contributed by atoms with van der Waals surface area (Å²) in [5.74, 6) is 0.368. The Morgan fingerprint density at radius 1 is 0.947 bits per heavy atom. The molecule has 1 rings (SSSR count). The van der Waals surface area contributed by atoms with Gasteiger partial charge >= 0.3 is 0 Å². The van der Waals surface area contributed by atoms with Crippen LogP contribution in [0, 0.1) is 0 Å². The molecule has 0 aliphatic rings.